The van der Waals surface area contributed by atoms with Crippen molar-refractivity contribution < 1.29 is 13.2 Å². The summed E-state index contributed by atoms with van der Waals surface area (Å²) in [5.74, 6) is -0.615. The van der Waals surface area contributed by atoms with Gasteiger partial charge in [-0.15, -0.1) is 0 Å². The first-order valence-corrected chi connectivity index (χ1v) is 12.1. The van der Waals surface area contributed by atoms with Crippen LogP contribution in [0.25, 0.3) is 11.0 Å². The predicted molar refractivity (Wildman–Crippen MR) is 131 cm³/mol. The lowest BCUT2D eigenvalue weighted by molar-refractivity contribution is 0.102. The normalized spacial score (nSPS) is 11.7. The molecule has 2 aromatic heterocycles. The fourth-order valence-electron chi connectivity index (χ4n) is 3.65. The maximum atomic E-state index is 13.1. The molecule has 0 atom stereocenters. The molecule has 0 fully saturated rings. The highest BCUT2D eigenvalue weighted by molar-refractivity contribution is 7.89. The molecular formula is C22H28N6O5S. The van der Waals surface area contributed by atoms with Crippen LogP contribution in [0.15, 0.2) is 44.8 Å². The summed E-state index contributed by atoms with van der Waals surface area (Å²) in [6.07, 6.45) is 0. The Hall–Kier alpha value is -3.51. The van der Waals surface area contributed by atoms with Crippen LogP contribution in [-0.4, -0.2) is 59.9 Å². The monoisotopic (exact) mass is 488 g/mol. The molecule has 0 aliphatic carbocycles. The Kier molecular flexibility index (Phi) is 6.94. The minimum atomic E-state index is -3.74. The van der Waals surface area contributed by atoms with Crippen LogP contribution in [0.2, 0.25) is 0 Å². The molecule has 2 heterocycles. The van der Waals surface area contributed by atoms with Gasteiger partial charge in [0, 0.05) is 41.3 Å². The quantitative estimate of drug-likeness (QED) is 0.525. The van der Waals surface area contributed by atoms with Crippen LogP contribution in [-0.2, 0) is 24.1 Å². The number of nitrogens with one attached hydrogen (secondary N) is 1. The number of hydrogen-bond acceptors (Lipinski definition) is 7. The lowest BCUT2D eigenvalue weighted by Gasteiger charge is -2.22. The van der Waals surface area contributed by atoms with Crippen molar-refractivity contribution >= 4 is 38.3 Å². The van der Waals surface area contributed by atoms with E-state index < -0.39 is 27.2 Å². The van der Waals surface area contributed by atoms with Crippen molar-refractivity contribution in [1.82, 2.24) is 18.4 Å². The number of pyridine rings is 1. The molecule has 182 valence electrons. The third-order valence-corrected chi connectivity index (χ3v) is 7.62. The van der Waals surface area contributed by atoms with Gasteiger partial charge in [0.05, 0.1) is 21.7 Å². The van der Waals surface area contributed by atoms with Gasteiger partial charge in [0.1, 0.15) is 11.3 Å². The largest absolute Gasteiger partial charge is 0.376 e. The van der Waals surface area contributed by atoms with Crippen LogP contribution in [0.5, 0.6) is 0 Å². The van der Waals surface area contributed by atoms with E-state index in [9.17, 15) is 22.8 Å². The van der Waals surface area contributed by atoms with Crippen LogP contribution >= 0.6 is 0 Å². The zero-order chi connectivity index (χ0) is 25.4. The number of aryl methyl sites for hydroxylation is 1. The van der Waals surface area contributed by atoms with Gasteiger partial charge in [-0.3, -0.25) is 18.7 Å². The number of anilines is 2. The average molecular weight is 489 g/mol. The Bertz CT molecular complexity index is 1490. The molecule has 0 aliphatic heterocycles. The van der Waals surface area contributed by atoms with Crippen molar-refractivity contribution in [2.75, 3.05) is 37.4 Å². The van der Waals surface area contributed by atoms with Gasteiger partial charge in [0.2, 0.25) is 10.0 Å². The molecule has 3 aromatic rings. The van der Waals surface area contributed by atoms with Gasteiger partial charge in [-0.2, -0.15) is 4.31 Å². The van der Waals surface area contributed by atoms with Crippen LogP contribution in [0.1, 0.15) is 24.3 Å². The Morgan fingerprint density at radius 1 is 1.03 bits per heavy atom. The molecule has 1 amide bonds. The van der Waals surface area contributed by atoms with Gasteiger partial charge in [0.25, 0.3) is 11.5 Å². The summed E-state index contributed by atoms with van der Waals surface area (Å²) in [5, 5.41) is 2.92. The highest BCUT2D eigenvalue weighted by Gasteiger charge is 2.24. The van der Waals surface area contributed by atoms with Gasteiger partial charge in [-0.25, -0.2) is 18.2 Å². The molecule has 0 unspecified atom stereocenters. The van der Waals surface area contributed by atoms with E-state index in [1.165, 1.54) is 47.2 Å². The van der Waals surface area contributed by atoms with Gasteiger partial charge in [-0.05, 0) is 30.3 Å². The second kappa shape index (κ2) is 9.39. The van der Waals surface area contributed by atoms with Crippen molar-refractivity contribution in [2.45, 2.75) is 18.7 Å². The Labute approximate surface area is 197 Å². The zero-order valence-electron chi connectivity index (χ0n) is 20.0. The molecule has 1 N–H and O–H groups in total. The van der Waals surface area contributed by atoms with Crippen molar-refractivity contribution in [3.63, 3.8) is 0 Å². The van der Waals surface area contributed by atoms with E-state index in [2.05, 4.69) is 10.3 Å². The first-order valence-electron chi connectivity index (χ1n) is 10.6. The Balaban J connectivity index is 2.08. The van der Waals surface area contributed by atoms with Crippen LogP contribution < -0.4 is 21.5 Å². The molecule has 0 spiro atoms. The summed E-state index contributed by atoms with van der Waals surface area (Å²) in [7, 11) is 2.62. The number of benzene rings is 1. The zero-order valence-corrected chi connectivity index (χ0v) is 20.8. The maximum Gasteiger partial charge on any atom is 0.332 e. The van der Waals surface area contributed by atoms with Gasteiger partial charge >= 0.3 is 5.69 Å². The van der Waals surface area contributed by atoms with E-state index in [-0.39, 0.29) is 27.3 Å². The fourth-order valence-corrected chi connectivity index (χ4v) is 5.13. The standard InChI is InChI=1S/C22H28N6O5S/c1-7-28(8-2)34(32,33)14-9-12-18(25(3)4)17(13-14)24-20(29)16-11-10-15-19(23-16)26(5)22(31)27(6)21(15)30/h9-13H,7-8H2,1-6H3,(H,24,29). The number of hydrogen-bond donors (Lipinski definition) is 1. The second-order valence-electron chi connectivity index (χ2n) is 7.89. The third-order valence-electron chi connectivity index (χ3n) is 5.58. The van der Waals surface area contributed by atoms with Gasteiger partial charge in [-0.1, -0.05) is 13.8 Å². The van der Waals surface area contributed by atoms with Gasteiger partial charge < -0.3 is 10.2 Å². The highest BCUT2D eigenvalue weighted by atomic mass is 32.2. The third kappa shape index (κ3) is 4.33. The lowest BCUT2D eigenvalue weighted by Crippen LogP contribution is -2.37. The summed E-state index contributed by atoms with van der Waals surface area (Å²) in [4.78, 5) is 43.7. The van der Waals surface area contributed by atoms with E-state index in [1.807, 2.05) is 0 Å². The number of carbonyl (C=O) groups is 1. The maximum absolute atomic E-state index is 13.1. The van der Waals surface area contributed by atoms with Crippen molar-refractivity contribution in [1.29, 1.82) is 0 Å². The van der Waals surface area contributed by atoms with Crippen molar-refractivity contribution in [3.05, 3.63) is 56.9 Å². The second-order valence-corrected chi connectivity index (χ2v) is 9.83. The topological polar surface area (TPSA) is 127 Å². The number of sulfonamides is 1. The molecular weight excluding hydrogens is 460 g/mol. The summed E-state index contributed by atoms with van der Waals surface area (Å²) in [6, 6.07) is 7.35. The molecule has 0 aliphatic rings. The molecule has 0 saturated heterocycles. The smallest absolute Gasteiger partial charge is 0.332 e. The molecule has 0 bridgehead atoms. The molecule has 1 aromatic carbocycles. The molecule has 0 saturated carbocycles. The first-order chi connectivity index (χ1) is 15.9. The number of aromatic nitrogens is 3. The van der Waals surface area contributed by atoms with Gasteiger partial charge in [0.15, 0.2) is 0 Å². The first kappa shape index (κ1) is 25.1. The molecule has 34 heavy (non-hydrogen) atoms. The number of amides is 1. The van der Waals surface area contributed by atoms with Crippen LogP contribution in [0.4, 0.5) is 11.4 Å². The van der Waals surface area contributed by atoms with E-state index in [0.717, 1.165) is 4.57 Å². The molecule has 12 heteroatoms. The van der Waals surface area contributed by atoms with Crippen molar-refractivity contribution in [3.8, 4) is 0 Å². The summed E-state index contributed by atoms with van der Waals surface area (Å²) in [6.45, 7) is 4.14. The number of fused-ring (bicyclic) bond motifs is 1. The highest BCUT2D eigenvalue weighted by Crippen LogP contribution is 2.29. The molecule has 11 nitrogen and oxygen atoms in total. The van der Waals surface area contributed by atoms with E-state index >= 15 is 0 Å². The van der Waals surface area contributed by atoms with Crippen molar-refractivity contribution in [2.24, 2.45) is 14.1 Å². The summed E-state index contributed by atoms with van der Waals surface area (Å²) in [5.41, 5.74) is -0.158. The molecule has 0 radical (unpaired) electrons. The minimum absolute atomic E-state index is 0.0301. The summed E-state index contributed by atoms with van der Waals surface area (Å²) < 4.78 is 29.5. The van der Waals surface area contributed by atoms with E-state index in [1.54, 1.807) is 38.9 Å². The van der Waals surface area contributed by atoms with E-state index in [4.69, 9.17) is 0 Å². The SMILES string of the molecule is CCN(CC)S(=O)(=O)c1ccc(N(C)C)c(NC(=O)c2ccc3c(=O)n(C)c(=O)n(C)c3n2)c1. The number of rotatable bonds is 7. The number of carbonyl (C=O) groups excluding carboxylic acids is 1. The Morgan fingerprint density at radius 2 is 1.68 bits per heavy atom. The Morgan fingerprint density at radius 3 is 2.26 bits per heavy atom. The van der Waals surface area contributed by atoms with Crippen LogP contribution in [0, 0.1) is 0 Å². The average Bonchev–Trinajstić information content (AvgIpc) is 2.81. The minimum Gasteiger partial charge on any atom is -0.376 e. The number of nitrogens with zero attached hydrogens (tertiary/aromatic N) is 5. The molecule has 3 rings (SSSR count). The van der Waals surface area contributed by atoms with E-state index in [0.29, 0.717) is 18.8 Å². The predicted octanol–water partition coefficient (Wildman–Crippen LogP) is 0.981. The summed E-state index contributed by atoms with van der Waals surface area (Å²) >= 11 is 0. The van der Waals surface area contributed by atoms with Crippen LogP contribution in [0.3, 0.4) is 0 Å². The lowest BCUT2D eigenvalue weighted by atomic mass is 10.2. The fraction of sp³-hybridized carbons (Fsp3) is 0.364.